The second kappa shape index (κ2) is 6.45. The minimum atomic E-state index is -4.36. The number of hydrogen-bond donors (Lipinski definition) is 1. The third-order valence-electron chi connectivity index (χ3n) is 3.06. The van der Waals surface area contributed by atoms with Gasteiger partial charge in [0.15, 0.2) is 0 Å². The summed E-state index contributed by atoms with van der Waals surface area (Å²) in [5.74, 6) is 0. The highest BCUT2D eigenvalue weighted by Gasteiger charge is 2.29. The molecule has 2 amide bonds. The maximum Gasteiger partial charge on any atom is 0.405 e. The minimum absolute atomic E-state index is 0.453. The number of carbonyl (C=O) groups is 1. The summed E-state index contributed by atoms with van der Waals surface area (Å²) < 4.78 is 36.0. The first-order valence-electron chi connectivity index (χ1n) is 6.28. The molecule has 1 saturated heterocycles. The van der Waals surface area contributed by atoms with Crippen LogP contribution < -0.4 is 5.32 Å². The molecule has 0 aliphatic carbocycles. The summed E-state index contributed by atoms with van der Waals surface area (Å²) in [7, 11) is 0. The molecule has 1 aromatic rings. The lowest BCUT2D eigenvalue weighted by atomic mass is 10.3. The van der Waals surface area contributed by atoms with Crippen LogP contribution in [0.5, 0.6) is 0 Å². The van der Waals surface area contributed by atoms with Gasteiger partial charge in [-0.2, -0.15) is 13.2 Å². The molecule has 20 heavy (non-hydrogen) atoms. The SMILES string of the molecule is O=C(NCC(F)(F)F)N1CCN(Cc2cccs2)CC1. The number of alkyl halides is 3. The monoisotopic (exact) mass is 307 g/mol. The smallest absolute Gasteiger partial charge is 0.329 e. The van der Waals surface area contributed by atoms with Gasteiger partial charge in [-0.05, 0) is 11.4 Å². The van der Waals surface area contributed by atoms with Gasteiger partial charge in [0.1, 0.15) is 6.54 Å². The summed E-state index contributed by atoms with van der Waals surface area (Å²) in [6, 6.07) is 3.39. The van der Waals surface area contributed by atoms with Gasteiger partial charge in [-0.3, -0.25) is 4.90 Å². The zero-order chi connectivity index (χ0) is 14.6. The molecule has 1 aliphatic heterocycles. The van der Waals surface area contributed by atoms with Crippen LogP contribution in [0.2, 0.25) is 0 Å². The van der Waals surface area contributed by atoms with Crippen LogP contribution in [0.1, 0.15) is 4.88 Å². The molecular weight excluding hydrogens is 291 g/mol. The lowest BCUT2D eigenvalue weighted by Gasteiger charge is -2.34. The molecular formula is C12H16F3N3OS. The van der Waals surface area contributed by atoms with Gasteiger partial charge in [0.05, 0.1) is 0 Å². The lowest BCUT2D eigenvalue weighted by molar-refractivity contribution is -0.123. The molecule has 0 spiro atoms. The van der Waals surface area contributed by atoms with Crippen LogP contribution in [-0.2, 0) is 6.54 Å². The normalized spacial score (nSPS) is 17.2. The molecule has 0 unspecified atom stereocenters. The number of urea groups is 1. The zero-order valence-corrected chi connectivity index (χ0v) is 11.6. The van der Waals surface area contributed by atoms with Crippen molar-refractivity contribution in [1.82, 2.24) is 15.1 Å². The molecule has 1 N–H and O–H groups in total. The number of nitrogens with one attached hydrogen (secondary N) is 1. The van der Waals surface area contributed by atoms with Crippen molar-refractivity contribution in [1.29, 1.82) is 0 Å². The second-order valence-electron chi connectivity index (χ2n) is 4.62. The van der Waals surface area contributed by atoms with Crippen molar-refractivity contribution in [2.24, 2.45) is 0 Å². The van der Waals surface area contributed by atoms with Crippen molar-refractivity contribution in [3.8, 4) is 0 Å². The summed E-state index contributed by atoms with van der Waals surface area (Å²) in [5, 5.41) is 3.91. The molecule has 4 nitrogen and oxygen atoms in total. The van der Waals surface area contributed by atoms with Gasteiger partial charge in [0.25, 0.3) is 0 Å². The van der Waals surface area contributed by atoms with Crippen LogP contribution >= 0.6 is 11.3 Å². The molecule has 1 aliphatic rings. The fraction of sp³-hybridized carbons (Fsp3) is 0.583. The maximum atomic E-state index is 12.0. The summed E-state index contributed by atoms with van der Waals surface area (Å²) >= 11 is 1.67. The number of halogens is 3. The Labute approximate surface area is 119 Å². The number of piperazine rings is 1. The second-order valence-corrected chi connectivity index (χ2v) is 5.65. The van der Waals surface area contributed by atoms with Crippen LogP contribution in [0.3, 0.4) is 0 Å². The Bertz CT molecular complexity index is 428. The van der Waals surface area contributed by atoms with Crippen molar-refractivity contribution >= 4 is 17.4 Å². The first-order chi connectivity index (χ1) is 9.44. The molecule has 8 heteroatoms. The van der Waals surface area contributed by atoms with Crippen LogP contribution in [0.4, 0.5) is 18.0 Å². The molecule has 1 aromatic heterocycles. The topological polar surface area (TPSA) is 35.6 Å². The van der Waals surface area contributed by atoms with Crippen molar-refractivity contribution in [3.05, 3.63) is 22.4 Å². The Kier molecular flexibility index (Phi) is 4.87. The number of carbonyl (C=O) groups excluding carboxylic acids is 1. The first-order valence-corrected chi connectivity index (χ1v) is 7.16. The van der Waals surface area contributed by atoms with Crippen LogP contribution in [0.25, 0.3) is 0 Å². The highest BCUT2D eigenvalue weighted by molar-refractivity contribution is 7.09. The van der Waals surface area contributed by atoms with E-state index in [1.807, 2.05) is 22.8 Å². The van der Waals surface area contributed by atoms with Gasteiger partial charge in [0.2, 0.25) is 0 Å². The van der Waals surface area contributed by atoms with Gasteiger partial charge in [0, 0.05) is 37.6 Å². The molecule has 0 radical (unpaired) electrons. The molecule has 1 fully saturated rings. The lowest BCUT2D eigenvalue weighted by Crippen LogP contribution is -2.52. The molecule has 112 valence electrons. The van der Waals surface area contributed by atoms with Crippen LogP contribution in [0.15, 0.2) is 17.5 Å². The summed E-state index contributed by atoms with van der Waals surface area (Å²) in [5.41, 5.74) is 0. The first kappa shape index (κ1) is 15.1. The Morgan fingerprint density at radius 2 is 2.00 bits per heavy atom. The number of thiophene rings is 1. The van der Waals surface area contributed by atoms with Gasteiger partial charge >= 0.3 is 12.2 Å². The molecule has 0 aromatic carbocycles. The number of hydrogen-bond acceptors (Lipinski definition) is 3. The van der Waals surface area contributed by atoms with Crippen molar-refractivity contribution in [2.75, 3.05) is 32.7 Å². The van der Waals surface area contributed by atoms with Crippen molar-refractivity contribution < 1.29 is 18.0 Å². The minimum Gasteiger partial charge on any atom is -0.329 e. The number of amides is 2. The van der Waals surface area contributed by atoms with E-state index in [9.17, 15) is 18.0 Å². The van der Waals surface area contributed by atoms with Gasteiger partial charge in [-0.25, -0.2) is 4.79 Å². The van der Waals surface area contributed by atoms with E-state index in [0.717, 1.165) is 6.54 Å². The van der Waals surface area contributed by atoms with Crippen LogP contribution in [0, 0.1) is 0 Å². The summed E-state index contributed by atoms with van der Waals surface area (Å²) in [6.07, 6.45) is -4.36. The van der Waals surface area contributed by atoms with Gasteiger partial charge < -0.3 is 10.2 Å². The fourth-order valence-electron chi connectivity index (χ4n) is 2.02. The van der Waals surface area contributed by atoms with E-state index in [-0.39, 0.29) is 0 Å². The fourth-order valence-corrected chi connectivity index (χ4v) is 2.77. The Morgan fingerprint density at radius 1 is 1.30 bits per heavy atom. The Morgan fingerprint density at radius 3 is 2.55 bits per heavy atom. The van der Waals surface area contributed by atoms with E-state index in [1.54, 1.807) is 11.3 Å². The van der Waals surface area contributed by atoms with E-state index in [0.29, 0.717) is 26.2 Å². The highest BCUT2D eigenvalue weighted by atomic mass is 32.1. The standard InChI is InChI=1S/C12H16F3N3OS/c13-12(14,15)9-16-11(19)18-5-3-17(4-6-18)8-10-2-1-7-20-10/h1-2,7H,3-6,8-9H2,(H,16,19). The van der Waals surface area contributed by atoms with Crippen molar-refractivity contribution in [3.63, 3.8) is 0 Å². The predicted octanol–water partition coefficient (Wildman–Crippen LogP) is 2.14. The quantitative estimate of drug-likeness (QED) is 0.928. The zero-order valence-electron chi connectivity index (χ0n) is 10.8. The Hall–Kier alpha value is -1.28. The number of nitrogens with zero attached hydrogens (tertiary/aromatic N) is 2. The average Bonchev–Trinajstić information content (AvgIpc) is 2.89. The van der Waals surface area contributed by atoms with Crippen LogP contribution in [-0.4, -0.2) is 54.7 Å². The molecule has 2 rings (SSSR count). The van der Waals surface area contributed by atoms with E-state index in [2.05, 4.69) is 4.90 Å². The third-order valence-corrected chi connectivity index (χ3v) is 3.92. The van der Waals surface area contributed by atoms with E-state index < -0.39 is 18.8 Å². The molecule has 0 atom stereocenters. The van der Waals surface area contributed by atoms with E-state index >= 15 is 0 Å². The molecule has 2 heterocycles. The Balaban J connectivity index is 1.72. The third kappa shape index (κ3) is 4.68. The van der Waals surface area contributed by atoms with Crippen molar-refractivity contribution in [2.45, 2.75) is 12.7 Å². The molecule has 0 saturated carbocycles. The number of rotatable bonds is 3. The average molecular weight is 307 g/mol. The molecule has 0 bridgehead atoms. The predicted molar refractivity (Wildman–Crippen MR) is 70.6 cm³/mol. The van der Waals surface area contributed by atoms with Gasteiger partial charge in [-0.1, -0.05) is 6.07 Å². The summed E-state index contributed by atoms with van der Waals surface area (Å²) in [4.78, 5) is 16.4. The largest absolute Gasteiger partial charge is 0.405 e. The van der Waals surface area contributed by atoms with Gasteiger partial charge in [-0.15, -0.1) is 11.3 Å². The summed E-state index contributed by atoms with van der Waals surface area (Å²) in [6.45, 7) is 1.82. The highest BCUT2D eigenvalue weighted by Crippen LogP contribution is 2.14. The van der Waals surface area contributed by atoms with E-state index in [4.69, 9.17) is 0 Å². The van der Waals surface area contributed by atoms with E-state index in [1.165, 1.54) is 9.78 Å². The maximum absolute atomic E-state index is 12.0.